The molecule has 0 unspecified atom stereocenters. The number of hydrogen-bond acceptors (Lipinski definition) is 3. The zero-order chi connectivity index (χ0) is 8.97. The lowest BCUT2D eigenvalue weighted by Gasteiger charge is -1.88. The highest BCUT2D eigenvalue weighted by atomic mass is 32.1. The number of nitrogens with two attached hydrogens (primary N) is 2. The molecule has 0 spiro atoms. The van der Waals surface area contributed by atoms with E-state index in [0.29, 0.717) is 10.4 Å². The fourth-order valence-electron chi connectivity index (χ4n) is 0.745. The molecule has 12 heavy (non-hydrogen) atoms. The first-order valence-corrected chi connectivity index (χ1v) is 4.20. The smallest absolute Gasteiger partial charge is 0.260 e. The molecule has 0 saturated heterocycles. The summed E-state index contributed by atoms with van der Waals surface area (Å²) in [5.74, 6) is 4.99. The second kappa shape index (κ2) is 3.90. The summed E-state index contributed by atoms with van der Waals surface area (Å²) in [6.07, 6.45) is 0. The molecule has 1 rings (SSSR count). The van der Waals surface area contributed by atoms with Gasteiger partial charge in [0.2, 0.25) is 0 Å². The maximum atomic E-state index is 10.8. The molecule has 0 atom stereocenters. The number of thiophene rings is 1. The predicted molar refractivity (Wildman–Crippen MR) is 48.8 cm³/mol. The fourth-order valence-corrected chi connectivity index (χ4v) is 1.45. The normalized spacial score (nSPS) is 8.75. The van der Waals surface area contributed by atoms with Crippen molar-refractivity contribution in [2.75, 3.05) is 6.54 Å². The Bertz CT molecular complexity index is 345. The van der Waals surface area contributed by atoms with Crippen molar-refractivity contribution in [3.8, 4) is 11.8 Å². The second-order valence-electron chi connectivity index (χ2n) is 2.03. The Hall–Kier alpha value is -1.31. The van der Waals surface area contributed by atoms with Gasteiger partial charge < -0.3 is 11.5 Å². The molecule has 0 fully saturated rings. The molecule has 0 aliphatic heterocycles. The summed E-state index contributed by atoms with van der Waals surface area (Å²) in [6.45, 7) is 0.286. The van der Waals surface area contributed by atoms with Gasteiger partial charge >= 0.3 is 0 Å². The SMILES string of the molecule is NCC#Cc1ccsc1C(N)=O. The Morgan fingerprint density at radius 1 is 1.67 bits per heavy atom. The molecule has 0 aromatic carbocycles. The van der Waals surface area contributed by atoms with Gasteiger partial charge in [-0.1, -0.05) is 11.8 Å². The largest absolute Gasteiger partial charge is 0.365 e. The maximum absolute atomic E-state index is 10.8. The first-order valence-electron chi connectivity index (χ1n) is 3.32. The van der Waals surface area contributed by atoms with E-state index in [1.54, 1.807) is 11.4 Å². The Labute approximate surface area is 74.4 Å². The van der Waals surface area contributed by atoms with Crippen molar-refractivity contribution in [2.45, 2.75) is 0 Å². The standard InChI is InChI=1S/C8H8N2OS/c9-4-1-2-6-3-5-12-7(6)8(10)11/h3,5H,4,9H2,(H2,10,11). The van der Waals surface area contributed by atoms with Crippen molar-refractivity contribution < 1.29 is 4.79 Å². The van der Waals surface area contributed by atoms with Gasteiger partial charge in [0.25, 0.3) is 5.91 Å². The topological polar surface area (TPSA) is 69.1 Å². The van der Waals surface area contributed by atoms with Crippen LogP contribution in [0, 0.1) is 11.8 Å². The monoisotopic (exact) mass is 180 g/mol. The molecule has 3 nitrogen and oxygen atoms in total. The van der Waals surface area contributed by atoms with Crippen LogP contribution in [0.3, 0.4) is 0 Å². The second-order valence-corrected chi connectivity index (χ2v) is 2.95. The average molecular weight is 180 g/mol. The van der Waals surface area contributed by atoms with Gasteiger partial charge in [0.05, 0.1) is 6.54 Å². The van der Waals surface area contributed by atoms with E-state index in [9.17, 15) is 4.79 Å². The summed E-state index contributed by atoms with van der Waals surface area (Å²) in [6, 6.07) is 1.76. The Morgan fingerprint density at radius 2 is 2.42 bits per heavy atom. The Morgan fingerprint density at radius 3 is 3.00 bits per heavy atom. The van der Waals surface area contributed by atoms with E-state index >= 15 is 0 Å². The predicted octanol–water partition coefficient (Wildman–Crippen LogP) is 0.157. The van der Waals surface area contributed by atoms with Gasteiger partial charge in [-0.2, -0.15) is 0 Å². The van der Waals surface area contributed by atoms with Crippen molar-refractivity contribution >= 4 is 17.2 Å². The zero-order valence-corrected chi connectivity index (χ0v) is 7.15. The van der Waals surface area contributed by atoms with Gasteiger partial charge in [0.15, 0.2) is 0 Å². The van der Waals surface area contributed by atoms with Crippen LogP contribution in [-0.4, -0.2) is 12.5 Å². The summed E-state index contributed by atoms with van der Waals surface area (Å²) < 4.78 is 0. The van der Waals surface area contributed by atoms with E-state index in [1.807, 2.05) is 0 Å². The highest BCUT2D eigenvalue weighted by Crippen LogP contribution is 2.14. The Kier molecular flexibility index (Phi) is 2.86. The van der Waals surface area contributed by atoms with Gasteiger partial charge in [-0.05, 0) is 11.4 Å². The lowest BCUT2D eigenvalue weighted by atomic mass is 10.2. The molecule has 1 aromatic rings. The van der Waals surface area contributed by atoms with Crippen LogP contribution in [0.4, 0.5) is 0 Å². The Balaban J connectivity index is 2.99. The molecule has 0 aliphatic carbocycles. The minimum Gasteiger partial charge on any atom is -0.365 e. The third-order valence-electron chi connectivity index (χ3n) is 1.21. The minimum atomic E-state index is -0.439. The molecule has 1 amide bonds. The molecule has 1 aromatic heterocycles. The third-order valence-corrected chi connectivity index (χ3v) is 2.14. The van der Waals surface area contributed by atoms with Crippen LogP contribution in [0.25, 0.3) is 0 Å². The lowest BCUT2D eigenvalue weighted by Crippen LogP contribution is -2.10. The molecule has 0 radical (unpaired) electrons. The first kappa shape index (κ1) is 8.78. The van der Waals surface area contributed by atoms with Gasteiger partial charge in [-0.3, -0.25) is 4.79 Å². The first-order chi connectivity index (χ1) is 5.75. The van der Waals surface area contributed by atoms with E-state index < -0.39 is 5.91 Å². The van der Waals surface area contributed by atoms with E-state index in [-0.39, 0.29) is 6.54 Å². The molecular weight excluding hydrogens is 172 g/mol. The molecule has 0 bridgehead atoms. The number of rotatable bonds is 1. The molecule has 0 aliphatic rings. The van der Waals surface area contributed by atoms with Crippen LogP contribution in [0.15, 0.2) is 11.4 Å². The third kappa shape index (κ3) is 1.84. The van der Waals surface area contributed by atoms with Gasteiger partial charge in [0, 0.05) is 5.56 Å². The molecule has 0 saturated carbocycles. The van der Waals surface area contributed by atoms with Crippen molar-refractivity contribution in [1.29, 1.82) is 0 Å². The molecule has 4 heteroatoms. The van der Waals surface area contributed by atoms with Crippen LogP contribution in [0.2, 0.25) is 0 Å². The summed E-state index contributed by atoms with van der Waals surface area (Å²) in [7, 11) is 0. The van der Waals surface area contributed by atoms with Crippen molar-refractivity contribution in [1.82, 2.24) is 0 Å². The summed E-state index contributed by atoms with van der Waals surface area (Å²) in [4.78, 5) is 11.3. The van der Waals surface area contributed by atoms with Crippen LogP contribution in [-0.2, 0) is 0 Å². The van der Waals surface area contributed by atoms with E-state index in [0.717, 1.165) is 0 Å². The van der Waals surface area contributed by atoms with Gasteiger partial charge in [-0.25, -0.2) is 0 Å². The van der Waals surface area contributed by atoms with E-state index in [4.69, 9.17) is 11.5 Å². The summed E-state index contributed by atoms with van der Waals surface area (Å²) in [5, 5.41) is 1.78. The van der Waals surface area contributed by atoms with Crippen LogP contribution >= 0.6 is 11.3 Å². The summed E-state index contributed by atoms with van der Waals surface area (Å²) in [5.41, 5.74) is 11.0. The zero-order valence-electron chi connectivity index (χ0n) is 6.33. The van der Waals surface area contributed by atoms with Crippen molar-refractivity contribution in [3.05, 3.63) is 21.9 Å². The van der Waals surface area contributed by atoms with Crippen molar-refractivity contribution in [2.24, 2.45) is 11.5 Å². The van der Waals surface area contributed by atoms with Gasteiger partial charge in [0.1, 0.15) is 4.88 Å². The molecular formula is C8H8N2OS. The quantitative estimate of drug-likeness (QED) is 0.604. The number of primary amides is 1. The van der Waals surface area contributed by atoms with E-state index in [1.165, 1.54) is 11.3 Å². The van der Waals surface area contributed by atoms with Crippen LogP contribution in [0.5, 0.6) is 0 Å². The number of carbonyl (C=O) groups excluding carboxylic acids is 1. The van der Waals surface area contributed by atoms with Crippen LogP contribution in [0.1, 0.15) is 15.2 Å². The molecule has 62 valence electrons. The number of hydrogen-bond donors (Lipinski definition) is 2. The van der Waals surface area contributed by atoms with Crippen molar-refractivity contribution in [3.63, 3.8) is 0 Å². The van der Waals surface area contributed by atoms with Gasteiger partial charge in [-0.15, -0.1) is 11.3 Å². The van der Waals surface area contributed by atoms with E-state index in [2.05, 4.69) is 11.8 Å². The summed E-state index contributed by atoms with van der Waals surface area (Å²) >= 11 is 1.29. The maximum Gasteiger partial charge on any atom is 0.260 e. The molecule has 4 N–H and O–H groups in total. The molecule has 1 heterocycles. The number of carbonyl (C=O) groups is 1. The highest BCUT2D eigenvalue weighted by Gasteiger charge is 2.06. The number of amides is 1. The highest BCUT2D eigenvalue weighted by molar-refractivity contribution is 7.12. The fraction of sp³-hybridized carbons (Fsp3) is 0.125. The average Bonchev–Trinajstić information content (AvgIpc) is 2.48. The lowest BCUT2D eigenvalue weighted by molar-refractivity contribution is 0.100. The van der Waals surface area contributed by atoms with Crippen LogP contribution < -0.4 is 11.5 Å². The minimum absolute atomic E-state index is 0.286.